The highest BCUT2D eigenvalue weighted by Crippen LogP contribution is 2.29. The van der Waals surface area contributed by atoms with Crippen molar-refractivity contribution >= 4 is 5.97 Å². The first-order valence-corrected chi connectivity index (χ1v) is 6.56. The molecular weight excluding hydrogens is 290 g/mol. The molecule has 3 nitrogen and oxygen atoms in total. The van der Waals surface area contributed by atoms with E-state index in [1.807, 2.05) is 0 Å². The zero-order valence-corrected chi connectivity index (χ0v) is 11.2. The molecule has 0 spiro atoms. The average molecular weight is 305 g/mol. The summed E-state index contributed by atoms with van der Waals surface area (Å²) in [5.41, 5.74) is -0.627. The molecule has 1 aliphatic heterocycles. The molecule has 0 aromatic heterocycles. The standard InChI is InChI=1S/C14H15F4NO2/c15-11-4-2-10(3-5-11)8-13(6-1-7-19-9-13)21-12(20)14(16,17)18/h2-5,19H,1,6-9H2. The molecule has 1 aromatic rings. The van der Waals surface area contributed by atoms with Gasteiger partial charge in [0, 0.05) is 13.0 Å². The van der Waals surface area contributed by atoms with Gasteiger partial charge in [0.25, 0.3) is 0 Å². The number of piperidine rings is 1. The number of carbonyl (C=O) groups excluding carboxylic acids is 1. The molecule has 21 heavy (non-hydrogen) atoms. The maximum Gasteiger partial charge on any atom is 0.490 e. The minimum Gasteiger partial charge on any atom is -0.451 e. The number of hydrogen-bond acceptors (Lipinski definition) is 3. The van der Waals surface area contributed by atoms with Crippen molar-refractivity contribution in [2.45, 2.75) is 31.0 Å². The van der Waals surface area contributed by atoms with Crippen LogP contribution in [0.25, 0.3) is 0 Å². The highest BCUT2D eigenvalue weighted by atomic mass is 19.4. The summed E-state index contributed by atoms with van der Waals surface area (Å²) < 4.78 is 54.9. The van der Waals surface area contributed by atoms with Gasteiger partial charge in [-0.05, 0) is 37.1 Å². The molecular formula is C14H15F4NO2. The van der Waals surface area contributed by atoms with Gasteiger partial charge in [0.05, 0.1) is 0 Å². The van der Waals surface area contributed by atoms with Crippen LogP contribution in [0, 0.1) is 5.82 Å². The molecule has 0 saturated carbocycles. The van der Waals surface area contributed by atoms with Crippen LogP contribution >= 0.6 is 0 Å². The van der Waals surface area contributed by atoms with Gasteiger partial charge in [-0.2, -0.15) is 13.2 Å². The Morgan fingerprint density at radius 2 is 1.95 bits per heavy atom. The SMILES string of the molecule is O=C(OC1(Cc2ccc(F)cc2)CCCNC1)C(F)(F)F. The Hall–Kier alpha value is -1.63. The van der Waals surface area contributed by atoms with Crippen LogP contribution in [-0.2, 0) is 16.0 Å². The summed E-state index contributed by atoms with van der Waals surface area (Å²) in [4.78, 5) is 11.1. The maximum absolute atomic E-state index is 12.9. The monoisotopic (exact) mass is 305 g/mol. The van der Waals surface area contributed by atoms with Gasteiger partial charge in [-0.25, -0.2) is 9.18 Å². The Kier molecular flexibility index (Phi) is 4.51. The molecule has 1 unspecified atom stereocenters. The second kappa shape index (κ2) is 6.01. The molecule has 116 valence electrons. The lowest BCUT2D eigenvalue weighted by Gasteiger charge is -2.37. The van der Waals surface area contributed by atoms with Crippen molar-refractivity contribution in [2.24, 2.45) is 0 Å². The molecule has 1 aromatic carbocycles. The smallest absolute Gasteiger partial charge is 0.451 e. The van der Waals surface area contributed by atoms with Gasteiger partial charge in [0.15, 0.2) is 0 Å². The van der Waals surface area contributed by atoms with E-state index in [0.29, 0.717) is 24.9 Å². The molecule has 0 aliphatic carbocycles. The lowest BCUT2D eigenvalue weighted by molar-refractivity contribution is -0.215. The van der Waals surface area contributed by atoms with Crippen LogP contribution in [0.4, 0.5) is 17.6 Å². The number of halogens is 4. The molecule has 1 heterocycles. The zero-order chi connectivity index (χ0) is 15.5. The van der Waals surface area contributed by atoms with Gasteiger partial charge < -0.3 is 10.1 Å². The topological polar surface area (TPSA) is 38.3 Å². The molecule has 0 radical (unpaired) electrons. The van der Waals surface area contributed by atoms with Crippen molar-refractivity contribution in [2.75, 3.05) is 13.1 Å². The molecule has 1 aliphatic rings. The third kappa shape index (κ3) is 4.17. The Bertz CT molecular complexity index is 493. The highest BCUT2D eigenvalue weighted by molar-refractivity contribution is 5.76. The number of carbonyl (C=O) groups is 1. The quantitative estimate of drug-likeness (QED) is 0.689. The van der Waals surface area contributed by atoms with E-state index in [1.54, 1.807) is 0 Å². The predicted molar refractivity (Wildman–Crippen MR) is 67.1 cm³/mol. The lowest BCUT2D eigenvalue weighted by atomic mass is 9.87. The van der Waals surface area contributed by atoms with E-state index < -0.39 is 23.6 Å². The van der Waals surface area contributed by atoms with Gasteiger partial charge in [0.2, 0.25) is 0 Å². The van der Waals surface area contributed by atoms with Crippen molar-refractivity contribution in [3.63, 3.8) is 0 Å². The van der Waals surface area contributed by atoms with Crippen LogP contribution < -0.4 is 5.32 Å². The highest BCUT2D eigenvalue weighted by Gasteiger charge is 2.47. The van der Waals surface area contributed by atoms with Crippen molar-refractivity contribution < 1.29 is 27.1 Å². The van der Waals surface area contributed by atoms with Crippen molar-refractivity contribution in [1.29, 1.82) is 0 Å². The first kappa shape index (κ1) is 15.8. The van der Waals surface area contributed by atoms with E-state index in [-0.39, 0.29) is 13.0 Å². The second-order valence-electron chi connectivity index (χ2n) is 5.15. The molecule has 1 fully saturated rings. The number of benzene rings is 1. The van der Waals surface area contributed by atoms with Gasteiger partial charge in [-0.15, -0.1) is 0 Å². The zero-order valence-electron chi connectivity index (χ0n) is 11.2. The van der Waals surface area contributed by atoms with E-state index in [2.05, 4.69) is 5.32 Å². The van der Waals surface area contributed by atoms with E-state index in [1.165, 1.54) is 24.3 Å². The third-order valence-electron chi connectivity index (χ3n) is 3.41. The van der Waals surface area contributed by atoms with Crippen molar-refractivity contribution in [3.8, 4) is 0 Å². The number of rotatable bonds is 3. The summed E-state index contributed by atoms with van der Waals surface area (Å²) in [6.45, 7) is 0.806. The van der Waals surface area contributed by atoms with Gasteiger partial charge in [0.1, 0.15) is 11.4 Å². The van der Waals surface area contributed by atoms with Crippen LogP contribution in [0.5, 0.6) is 0 Å². The summed E-state index contributed by atoms with van der Waals surface area (Å²) >= 11 is 0. The number of ether oxygens (including phenoxy) is 1. The Labute approximate surface area is 119 Å². The summed E-state index contributed by atoms with van der Waals surface area (Å²) in [6, 6.07) is 5.41. The minimum absolute atomic E-state index is 0.113. The van der Waals surface area contributed by atoms with E-state index >= 15 is 0 Å². The summed E-state index contributed by atoms with van der Waals surface area (Å²) in [7, 11) is 0. The Balaban J connectivity index is 2.16. The first-order chi connectivity index (χ1) is 9.81. The second-order valence-corrected chi connectivity index (χ2v) is 5.15. The van der Waals surface area contributed by atoms with E-state index in [4.69, 9.17) is 4.74 Å². The molecule has 0 amide bonds. The van der Waals surface area contributed by atoms with Crippen LogP contribution in [0.2, 0.25) is 0 Å². The Morgan fingerprint density at radius 1 is 1.29 bits per heavy atom. The molecule has 1 N–H and O–H groups in total. The fraction of sp³-hybridized carbons (Fsp3) is 0.500. The fourth-order valence-corrected chi connectivity index (χ4v) is 2.44. The third-order valence-corrected chi connectivity index (χ3v) is 3.41. The van der Waals surface area contributed by atoms with Gasteiger partial charge >= 0.3 is 12.1 Å². The predicted octanol–water partition coefficient (Wildman–Crippen LogP) is 2.60. The molecule has 1 saturated heterocycles. The number of esters is 1. The molecule has 7 heteroatoms. The summed E-state index contributed by atoms with van der Waals surface area (Å²) in [5.74, 6) is -2.62. The maximum atomic E-state index is 12.9. The van der Waals surface area contributed by atoms with Crippen LogP contribution in [-0.4, -0.2) is 30.8 Å². The Morgan fingerprint density at radius 3 is 2.48 bits per heavy atom. The molecule has 2 rings (SSSR count). The number of hydrogen-bond donors (Lipinski definition) is 1. The number of alkyl halides is 3. The van der Waals surface area contributed by atoms with Gasteiger partial charge in [-0.3, -0.25) is 0 Å². The van der Waals surface area contributed by atoms with E-state index in [9.17, 15) is 22.4 Å². The number of nitrogens with one attached hydrogen (secondary N) is 1. The fourth-order valence-electron chi connectivity index (χ4n) is 2.44. The normalized spacial score (nSPS) is 22.9. The average Bonchev–Trinajstić information content (AvgIpc) is 2.41. The summed E-state index contributed by atoms with van der Waals surface area (Å²) in [6.07, 6.45) is -3.97. The van der Waals surface area contributed by atoms with Crippen molar-refractivity contribution in [1.82, 2.24) is 5.32 Å². The van der Waals surface area contributed by atoms with Gasteiger partial charge in [-0.1, -0.05) is 12.1 Å². The molecule has 0 bridgehead atoms. The largest absolute Gasteiger partial charge is 0.490 e. The van der Waals surface area contributed by atoms with Crippen LogP contribution in [0.3, 0.4) is 0 Å². The first-order valence-electron chi connectivity index (χ1n) is 6.56. The summed E-state index contributed by atoms with van der Waals surface area (Å²) in [5, 5.41) is 2.95. The van der Waals surface area contributed by atoms with Crippen molar-refractivity contribution in [3.05, 3.63) is 35.6 Å². The lowest BCUT2D eigenvalue weighted by Crippen LogP contribution is -2.52. The molecule has 1 atom stereocenters. The van der Waals surface area contributed by atoms with Crippen LogP contribution in [0.15, 0.2) is 24.3 Å². The van der Waals surface area contributed by atoms with Crippen LogP contribution in [0.1, 0.15) is 18.4 Å². The minimum atomic E-state index is -5.02. The van der Waals surface area contributed by atoms with E-state index in [0.717, 1.165) is 0 Å².